The molecular weight excluding hydrogens is 402 g/mol. The molecular formula is C24H20F2N2O3. The van der Waals surface area contributed by atoms with Crippen LogP contribution in [-0.2, 0) is 16.0 Å². The number of carbonyl (C=O) groups excluding carboxylic acids is 2. The topological polar surface area (TPSA) is 58.6 Å². The van der Waals surface area contributed by atoms with E-state index in [0.717, 1.165) is 5.56 Å². The quantitative estimate of drug-likeness (QED) is 0.689. The van der Waals surface area contributed by atoms with E-state index in [9.17, 15) is 18.4 Å². The summed E-state index contributed by atoms with van der Waals surface area (Å²) in [5.41, 5.74) is 2.17. The number of methoxy groups -OCH3 is 1. The van der Waals surface area contributed by atoms with Crippen molar-refractivity contribution in [3.05, 3.63) is 95.1 Å². The van der Waals surface area contributed by atoms with Crippen molar-refractivity contribution in [1.82, 2.24) is 4.90 Å². The van der Waals surface area contributed by atoms with Crippen LogP contribution in [0.2, 0.25) is 0 Å². The second kappa shape index (κ2) is 8.55. The van der Waals surface area contributed by atoms with Crippen molar-refractivity contribution < 1.29 is 23.1 Å². The highest BCUT2D eigenvalue weighted by molar-refractivity contribution is 5.97. The first kappa shape index (κ1) is 20.5. The number of ether oxygens (including phenoxy) is 1. The van der Waals surface area contributed by atoms with Crippen LogP contribution in [0.5, 0.6) is 5.75 Å². The molecule has 5 nitrogen and oxygen atoms in total. The average molecular weight is 422 g/mol. The Morgan fingerprint density at radius 1 is 1.03 bits per heavy atom. The molecule has 0 aromatic heterocycles. The number of fused-ring (bicyclic) bond motifs is 1. The zero-order valence-electron chi connectivity index (χ0n) is 16.8. The van der Waals surface area contributed by atoms with Crippen molar-refractivity contribution in [2.45, 2.75) is 12.5 Å². The predicted molar refractivity (Wildman–Crippen MR) is 112 cm³/mol. The minimum atomic E-state index is -0.754. The Morgan fingerprint density at radius 3 is 2.39 bits per heavy atom. The van der Waals surface area contributed by atoms with Crippen LogP contribution in [0.25, 0.3) is 0 Å². The van der Waals surface area contributed by atoms with Gasteiger partial charge in [-0.2, -0.15) is 0 Å². The van der Waals surface area contributed by atoms with E-state index in [1.807, 2.05) is 0 Å². The van der Waals surface area contributed by atoms with Gasteiger partial charge in [-0.3, -0.25) is 9.59 Å². The van der Waals surface area contributed by atoms with E-state index in [-0.39, 0.29) is 24.8 Å². The molecule has 0 bridgehead atoms. The number of amides is 2. The van der Waals surface area contributed by atoms with Crippen molar-refractivity contribution in [3.8, 4) is 5.75 Å². The number of nitrogens with one attached hydrogen (secondary N) is 1. The lowest BCUT2D eigenvalue weighted by molar-refractivity contribution is -0.135. The Morgan fingerprint density at radius 2 is 1.71 bits per heavy atom. The van der Waals surface area contributed by atoms with E-state index in [4.69, 9.17) is 4.74 Å². The minimum absolute atomic E-state index is 0.0413. The molecule has 0 fully saturated rings. The molecule has 0 spiro atoms. The number of anilines is 1. The van der Waals surface area contributed by atoms with Crippen LogP contribution in [0, 0.1) is 11.6 Å². The van der Waals surface area contributed by atoms with Crippen LogP contribution in [0.15, 0.2) is 66.7 Å². The van der Waals surface area contributed by atoms with Gasteiger partial charge in [-0.05, 0) is 53.6 Å². The Labute approximate surface area is 178 Å². The van der Waals surface area contributed by atoms with E-state index in [1.165, 1.54) is 47.4 Å². The summed E-state index contributed by atoms with van der Waals surface area (Å²) in [6.45, 7) is -0.215. The van der Waals surface area contributed by atoms with Crippen LogP contribution in [0.4, 0.5) is 14.5 Å². The summed E-state index contributed by atoms with van der Waals surface area (Å²) in [6.07, 6.45) is 0.0413. The van der Waals surface area contributed by atoms with Crippen molar-refractivity contribution in [3.63, 3.8) is 0 Å². The number of hydrogen-bond donors (Lipinski definition) is 1. The van der Waals surface area contributed by atoms with Crippen LogP contribution in [-0.4, -0.2) is 30.4 Å². The number of hydrogen-bond acceptors (Lipinski definition) is 3. The fourth-order valence-electron chi connectivity index (χ4n) is 3.73. The average Bonchev–Trinajstić information content (AvgIpc) is 2.90. The van der Waals surface area contributed by atoms with Crippen LogP contribution in [0.3, 0.4) is 0 Å². The molecule has 1 atom stereocenters. The molecule has 0 saturated heterocycles. The molecule has 1 heterocycles. The van der Waals surface area contributed by atoms with Crippen LogP contribution in [0.1, 0.15) is 22.7 Å². The standard InChI is InChI=1S/C24H20F2N2O3/c1-31-19-9-2-15(3-10-19)12-23(30)28-14-22(29)27-21-11-8-18(26)13-20(21)24(28)16-4-6-17(25)7-5-16/h2-11,13,24H,12,14H2,1H3,(H,27,29)/t24-/m0/s1. The van der Waals surface area contributed by atoms with Crippen molar-refractivity contribution in [2.24, 2.45) is 0 Å². The molecule has 4 rings (SSSR count). The zero-order valence-corrected chi connectivity index (χ0v) is 16.8. The van der Waals surface area contributed by atoms with E-state index in [2.05, 4.69) is 5.32 Å². The third-order valence-electron chi connectivity index (χ3n) is 5.23. The second-order valence-corrected chi connectivity index (χ2v) is 7.28. The molecule has 158 valence electrons. The van der Waals surface area contributed by atoms with E-state index in [0.29, 0.717) is 22.6 Å². The highest BCUT2D eigenvalue weighted by atomic mass is 19.1. The predicted octanol–water partition coefficient (Wildman–Crippen LogP) is 4.09. The normalized spacial score (nSPS) is 15.6. The number of benzene rings is 3. The first-order valence-electron chi connectivity index (χ1n) is 9.72. The van der Waals surface area contributed by atoms with Gasteiger partial charge in [-0.1, -0.05) is 24.3 Å². The van der Waals surface area contributed by atoms with Crippen molar-refractivity contribution in [2.75, 3.05) is 19.0 Å². The molecule has 0 saturated carbocycles. The van der Waals surface area contributed by atoms with E-state index < -0.39 is 17.7 Å². The summed E-state index contributed by atoms with van der Waals surface area (Å²) in [5.74, 6) is -0.960. The highest BCUT2D eigenvalue weighted by Gasteiger charge is 2.33. The molecule has 3 aromatic rings. The highest BCUT2D eigenvalue weighted by Crippen LogP contribution is 2.36. The number of rotatable bonds is 4. The molecule has 1 aliphatic rings. The Hall–Kier alpha value is -3.74. The van der Waals surface area contributed by atoms with E-state index in [1.54, 1.807) is 31.4 Å². The summed E-state index contributed by atoms with van der Waals surface area (Å²) < 4.78 is 32.8. The minimum Gasteiger partial charge on any atom is -0.497 e. The summed E-state index contributed by atoms with van der Waals surface area (Å²) in [5, 5.41) is 2.73. The van der Waals surface area contributed by atoms with Crippen molar-refractivity contribution >= 4 is 17.5 Å². The third-order valence-corrected chi connectivity index (χ3v) is 5.23. The molecule has 1 N–H and O–H groups in total. The fourth-order valence-corrected chi connectivity index (χ4v) is 3.73. The van der Waals surface area contributed by atoms with Gasteiger partial charge in [-0.15, -0.1) is 0 Å². The SMILES string of the molecule is COc1ccc(CC(=O)N2CC(=O)Nc3ccc(F)cc3[C@@H]2c2ccc(F)cc2)cc1. The van der Waals surface area contributed by atoms with Gasteiger partial charge in [0.2, 0.25) is 11.8 Å². The first-order chi connectivity index (χ1) is 14.9. The maximum absolute atomic E-state index is 14.1. The second-order valence-electron chi connectivity index (χ2n) is 7.28. The maximum atomic E-state index is 14.1. The Kier molecular flexibility index (Phi) is 5.66. The van der Waals surface area contributed by atoms with Gasteiger partial charge in [-0.25, -0.2) is 8.78 Å². The van der Waals surface area contributed by atoms with E-state index >= 15 is 0 Å². The van der Waals surface area contributed by atoms with Crippen LogP contribution < -0.4 is 10.1 Å². The van der Waals surface area contributed by atoms with Gasteiger partial charge in [0.15, 0.2) is 0 Å². The summed E-state index contributed by atoms with van der Waals surface area (Å²) in [4.78, 5) is 27.3. The fraction of sp³-hybridized carbons (Fsp3) is 0.167. The molecule has 1 aliphatic heterocycles. The van der Waals surface area contributed by atoms with Gasteiger partial charge in [0.05, 0.1) is 19.6 Å². The molecule has 7 heteroatoms. The van der Waals surface area contributed by atoms with Crippen LogP contribution >= 0.6 is 0 Å². The lowest BCUT2D eigenvalue weighted by Crippen LogP contribution is -2.39. The monoisotopic (exact) mass is 422 g/mol. The van der Waals surface area contributed by atoms with Gasteiger partial charge in [0.1, 0.15) is 23.9 Å². The molecule has 3 aromatic carbocycles. The lowest BCUT2D eigenvalue weighted by Gasteiger charge is -2.30. The van der Waals surface area contributed by atoms with Gasteiger partial charge in [0, 0.05) is 11.3 Å². The summed E-state index contributed by atoms with van der Waals surface area (Å²) in [7, 11) is 1.56. The largest absolute Gasteiger partial charge is 0.497 e. The number of carbonyl (C=O) groups is 2. The summed E-state index contributed by atoms with van der Waals surface area (Å²) in [6, 6.07) is 15.9. The summed E-state index contributed by atoms with van der Waals surface area (Å²) >= 11 is 0. The smallest absolute Gasteiger partial charge is 0.244 e. The van der Waals surface area contributed by atoms with Gasteiger partial charge < -0.3 is 15.0 Å². The third kappa shape index (κ3) is 4.40. The molecule has 0 aliphatic carbocycles. The Bertz CT molecular complexity index is 1110. The maximum Gasteiger partial charge on any atom is 0.244 e. The Balaban J connectivity index is 1.76. The van der Waals surface area contributed by atoms with Gasteiger partial charge >= 0.3 is 0 Å². The number of halogens is 2. The molecule has 0 radical (unpaired) electrons. The molecule has 2 amide bonds. The van der Waals surface area contributed by atoms with Gasteiger partial charge in [0.25, 0.3) is 0 Å². The molecule has 0 unspecified atom stereocenters. The first-order valence-corrected chi connectivity index (χ1v) is 9.72. The number of nitrogens with zero attached hydrogens (tertiary/aromatic N) is 1. The zero-order chi connectivity index (χ0) is 22.0. The molecule has 31 heavy (non-hydrogen) atoms. The lowest BCUT2D eigenvalue weighted by atomic mass is 9.95. The van der Waals surface area contributed by atoms with Crippen molar-refractivity contribution in [1.29, 1.82) is 0 Å².